The summed E-state index contributed by atoms with van der Waals surface area (Å²) < 4.78 is 39.8. The minimum Gasteiger partial charge on any atom is -0.328 e. The zero-order chi connectivity index (χ0) is 19.9. The van der Waals surface area contributed by atoms with Crippen molar-refractivity contribution in [1.29, 1.82) is 0 Å². The number of likely N-dealkylation sites (N-methyl/N-ethyl adjacent to an activating group) is 1. The largest absolute Gasteiger partial charge is 0.416 e. The van der Waals surface area contributed by atoms with Gasteiger partial charge < -0.3 is 9.80 Å². The van der Waals surface area contributed by atoms with Crippen LogP contribution < -0.4 is 14.7 Å². The number of rotatable bonds is 2. The highest BCUT2D eigenvalue weighted by atomic mass is 32.2. The van der Waals surface area contributed by atoms with Crippen LogP contribution in [0.25, 0.3) is 0 Å². The molecule has 0 unspecified atom stereocenters. The first-order chi connectivity index (χ1) is 13.3. The van der Waals surface area contributed by atoms with E-state index in [1.165, 1.54) is 32.5 Å². The van der Waals surface area contributed by atoms with Crippen LogP contribution in [0.15, 0.2) is 52.3 Å². The number of nitrogens with one attached hydrogen (secondary N) is 2. The van der Waals surface area contributed by atoms with E-state index in [4.69, 9.17) is 0 Å². The van der Waals surface area contributed by atoms with Crippen molar-refractivity contribution >= 4 is 29.0 Å². The molecule has 2 aromatic carbocycles. The first kappa shape index (κ1) is 19.3. The second kappa shape index (κ2) is 7.42. The number of quaternary nitrogens is 2. The van der Waals surface area contributed by atoms with E-state index >= 15 is 0 Å². The average Bonchev–Trinajstić information content (AvgIpc) is 2.66. The third-order valence-corrected chi connectivity index (χ3v) is 6.44. The summed E-state index contributed by atoms with van der Waals surface area (Å²) >= 11 is 1.40. The van der Waals surface area contributed by atoms with Gasteiger partial charge in [0.05, 0.1) is 24.0 Å². The molecule has 8 heteroatoms. The lowest BCUT2D eigenvalue weighted by Gasteiger charge is -2.33. The van der Waals surface area contributed by atoms with Crippen molar-refractivity contribution in [3.8, 4) is 0 Å². The molecule has 0 saturated carbocycles. The Hall–Kier alpha value is -2.03. The maximum absolute atomic E-state index is 13.3. The number of para-hydroxylation sites is 1. The first-order valence-corrected chi connectivity index (χ1v) is 10.1. The molecule has 2 heterocycles. The SMILES string of the molecule is C[NH+]1CC[NH+](CC(=O)N2c3ccccc3Sc3ccc(C(F)(F)F)cc32)CC1. The lowest BCUT2D eigenvalue weighted by atomic mass is 10.1. The Morgan fingerprint density at radius 3 is 2.43 bits per heavy atom. The van der Waals surface area contributed by atoms with Gasteiger partial charge in [0.15, 0.2) is 6.54 Å². The quantitative estimate of drug-likeness (QED) is 0.782. The second-order valence-corrected chi connectivity index (χ2v) is 8.45. The number of amides is 1. The number of alkyl halides is 3. The Bertz CT molecular complexity index is 895. The Balaban J connectivity index is 1.70. The smallest absolute Gasteiger partial charge is 0.328 e. The summed E-state index contributed by atoms with van der Waals surface area (Å²) in [5, 5.41) is 0. The summed E-state index contributed by atoms with van der Waals surface area (Å²) in [5.41, 5.74) is 0.241. The zero-order valence-corrected chi connectivity index (χ0v) is 16.3. The van der Waals surface area contributed by atoms with Gasteiger partial charge >= 0.3 is 6.18 Å². The van der Waals surface area contributed by atoms with Crippen LogP contribution in [0.1, 0.15) is 5.56 Å². The van der Waals surface area contributed by atoms with Crippen LogP contribution in [0.4, 0.5) is 24.5 Å². The van der Waals surface area contributed by atoms with Crippen LogP contribution in [0.3, 0.4) is 0 Å². The highest BCUT2D eigenvalue weighted by Crippen LogP contribution is 2.49. The zero-order valence-electron chi connectivity index (χ0n) is 15.5. The van der Waals surface area contributed by atoms with Crippen LogP contribution in [0.2, 0.25) is 0 Å². The summed E-state index contributed by atoms with van der Waals surface area (Å²) in [6.45, 7) is 4.03. The predicted octanol–water partition coefficient (Wildman–Crippen LogP) is 1.25. The Kier molecular flexibility index (Phi) is 5.11. The minimum absolute atomic E-state index is 0.164. The average molecular weight is 409 g/mol. The van der Waals surface area contributed by atoms with E-state index in [9.17, 15) is 18.0 Å². The number of piperazine rings is 1. The number of anilines is 2. The molecule has 1 amide bonds. The molecule has 0 aromatic heterocycles. The lowest BCUT2D eigenvalue weighted by molar-refractivity contribution is -1.000. The fourth-order valence-electron chi connectivity index (χ4n) is 3.70. The molecule has 1 fully saturated rings. The van der Waals surface area contributed by atoms with Gasteiger partial charge in [-0.15, -0.1) is 0 Å². The molecule has 0 radical (unpaired) electrons. The maximum atomic E-state index is 13.3. The van der Waals surface area contributed by atoms with Crippen molar-refractivity contribution in [3.05, 3.63) is 48.0 Å². The second-order valence-electron chi connectivity index (χ2n) is 7.36. The molecule has 0 bridgehead atoms. The number of hydrogen-bond donors (Lipinski definition) is 2. The molecule has 4 rings (SSSR count). The number of carbonyl (C=O) groups excluding carboxylic acids is 1. The molecular formula is C20H22F3N3OS+2. The number of carbonyl (C=O) groups is 1. The normalized spacial score (nSPS) is 21.8. The summed E-state index contributed by atoms with van der Waals surface area (Å²) in [4.78, 5) is 18.9. The molecule has 0 aliphatic carbocycles. The topological polar surface area (TPSA) is 29.2 Å². The van der Waals surface area contributed by atoms with E-state index < -0.39 is 11.7 Å². The van der Waals surface area contributed by atoms with Crippen LogP contribution in [-0.2, 0) is 11.0 Å². The summed E-state index contributed by atoms with van der Waals surface area (Å²) in [6, 6.07) is 11.0. The molecule has 2 aliphatic heterocycles. The van der Waals surface area contributed by atoms with Crippen molar-refractivity contribution in [2.45, 2.75) is 16.0 Å². The Morgan fingerprint density at radius 1 is 1.04 bits per heavy atom. The van der Waals surface area contributed by atoms with E-state index in [1.807, 2.05) is 18.2 Å². The van der Waals surface area contributed by atoms with Crippen molar-refractivity contribution in [2.24, 2.45) is 0 Å². The number of benzene rings is 2. The third kappa shape index (κ3) is 3.76. The van der Waals surface area contributed by atoms with Gasteiger partial charge in [-0.05, 0) is 30.3 Å². The molecule has 0 atom stereocenters. The van der Waals surface area contributed by atoms with Crippen LogP contribution in [0, 0.1) is 0 Å². The van der Waals surface area contributed by atoms with Gasteiger partial charge in [0.1, 0.15) is 26.2 Å². The summed E-state index contributed by atoms with van der Waals surface area (Å²) in [5.74, 6) is -0.164. The molecule has 4 nitrogen and oxygen atoms in total. The summed E-state index contributed by atoms with van der Waals surface area (Å²) in [7, 11) is 2.13. The molecule has 1 saturated heterocycles. The highest BCUT2D eigenvalue weighted by Gasteiger charge is 2.36. The Morgan fingerprint density at radius 2 is 1.71 bits per heavy atom. The van der Waals surface area contributed by atoms with Crippen LogP contribution >= 0.6 is 11.8 Å². The van der Waals surface area contributed by atoms with E-state index in [-0.39, 0.29) is 12.5 Å². The predicted molar refractivity (Wildman–Crippen MR) is 101 cm³/mol. The number of hydrogen-bond acceptors (Lipinski definition) is 2. The molecule has 2 aromatic rings. The van der Waals surface area contributed by atoms with Crippen molar-refractivity contribution < 1.29 is 27.8 Å². The Labute approximate surface area is 165 Å². The van der Waals surface area contributed by atoms with Gasteiger partial charge in [0.2, 0.25) is 0 Å². The number of fused-ring (bicyclic) bond motifs is 2. The van der Waals surface area contributed by atoms with E-state index in [1.54, 1.807) is 6.07 Å². The van der Waals surface area contributed by atoms with Crippen LogP contribution in [-0.4, -0.2) is 45.7 Å². The molecule has 2 aliphatic rings. The molecule has 148 valence electrons. The van der Waals surface area contributed by atoms with Crippen molar-refractivity contribution in [1.82, 2.24) is 0 Å². The monoisotopic (exact) mass is 409 g/mol. The third-order valence-electron chi connectivity index (χ3n) is 5.31. The van der Waals surface area contributed by atoms with Gasteiger partial charge in [0, 0.05) is 9.79 Å². The van der Waals surface area contributed by atoms with Gasteiger partial charge in [-0.3, -0.25) is 9.69 Å². The van der Waals surface area contributed by atoms with Gasteiger partial charge in [-0.1, -0.05) is 23.9 Å². The number of halogens is 3. The molecule has 0 spiro atoms. The first-order valence-electron chi connectivity index (χ1n) is 9.29. The number of nitrogens with zero attached hydrogens (tertiary/aromatic N) is 1. The molecule has 28 heavy (non-hydrogen) atoms. The van der Waals surface area contributed by atoms with Gasteiger partial charge in [-0.25, -0.2) is 0 Å². The highest BCUT2D eigenvalue weighted by molar-refractivity contribution is 7.99. The lowest BCUT2D eigenvalue weighted by Crippen LogP contribution is -3.27. The van der Waals surface area contributed by atoms with E-state index in [0.29, 0.717) is 16.3 Å². The van der Waals surface area contributed by atoms with Gasteiger partial charge in [0.25, 0.3) is 5.91 Å². The fourth-order valence-corrected chi connectivity index (χ4v) is 4.74. The van der Waals surface area contributed by atoms with E-state index in [2.05, 4.69) is 7.05 Å². The van der Waals surface area contributed by atoms with E-state index in [0.717, 1.165) is 43.2 Å². The van der Waals surface area contributed by atoms with Crippen molar-refractivity contribution in [3.63, 3.8) is 0 Å². The maximum Gasteiger partial charge on any atom is 0.416 e. The summed E-state index contributed by atoms with van der Waals surface area (Å²) in [6.07, 6.45) is -4.45. The fraction of sp³-hybridized carbons (Fsp3) is 0.350. The molecule has 2 N–H and O–H groups in total. The van der Waals surface area contributed by atoms with Crippen molar-refractivity contribution in [2.75, 3.05) is 44.7 Å². The van der Waals surface area contributed by atoms with Gasteiger partial charge in [-0.2, -0.15) is 13.2 Å². The minimum atomic E-state index is -4.45. The van der Waals surface area contributed by atoms with Crippen LogP contribution in [0.5, 0.6) is 0 Å². The molecular weight excluding hydrogens is 387 g/mol. The standard InChI is InChI=1S/C20H20F3N3OS/c1-24-8-10-25(11-9-24)13-19(27)26-15-4-2-3-5-17(15)28-18-7-6-14(12-16(18)26)20(21,22)23/h2-7,12H,8-11,13H2,1H3/p+2.